The summed E-state index contributed by atoms with van der Waals surface area (Å²) in [6.45, 7) is 2.23. The van der Waals surface area contributed by atoms with Gasteiger partial charge in [0.15, 0.2) is 5.82 Å². The molecule has 0 radical (unpaired) electrons. The average Bonchev–Trinajstić information content (AvgIpc) is 2.41. The van der Waals surface area contributed by atoms with Gasteiger partial charge in [0.25, 0.3) is 0 Å². The molecule has 0 saturated heterocycles. The number of nitrogens with two attached hydrogens (primary N) is 1. The van der Waals surface area contributed by atoms with Gasteiger partial charge in [0.2, 0.25) is 0 Å². The van der Waals surface area contributed by atoms with Crippen molar-refractivity contribution < 1.29 is 8.42 Å². The van der Waals surface area contributed by atoms with Gasteiger partial charge in [-0.2, -0.15) is 0 Å². The summed E-state index contributed by atoms with van der Waals surface area (Å²) in [6.07, 6.45) is 1.89. The van der Waals surface area contributed by atoms with Crippen molar-refractivity contribution in [3.05, 3.63) is 5.69 Å². The van der Waals surface area contributed by atoms with Crippen LogP contribution in [0.5, 0.6) is 0 Å². The minimum absolute atomic E-state index is 0.0583. The molecule has 1 heterocycles. The van der Waals surface area contributed by atoms with Gasteiger partial charge in [-0.25, -0.2) is 13.1 Å². The van der Waals surface area contributed by atoms with Gasteiger partial charge in [0.1, 0.15) is 9.84 Å². The van der Waals surface area contributed by atoms with Crippen molar-refractivity contribution in [1.82, 2.24) is 15.0 Å². The summed E-state index contributed by atoms with van der Waals surface area (Å²) in [7, 11) is -2.97. The summed E-state index contributed by atoms with van der Waals surface area (Å²) in [5, 5.41) is 7.45. The second kappa shape index (κ2) is 3.95. The van der Waals surface area contributed by atoms with Crippen LogP contribution in [0.2, 0.25) is 0 Å². The zero-order valence-electron chi connectivity index (χ0n) is 8.27. The minimum Gasteiger partial charge on any atom is -0.381 e. The van der Waals surface area contributed by atoms with E-state index >= 15 is 0 Å². The van der Waals surface area contributed by atoms with Crippen molar-refractivity contribution in [1.29, 1.82) is 0 Å². The van der Waals surface area contributed by atoms with Crippen LogP contribution >= 0.6 is 0 Å². The van der Waals surface area contributed by atoms with E-state index < -0.39 is 9.84 Å². The average molecular weight is 218 g/mol. The minimum atomic E-state index is -2.97. The van der Waals surface area contributed by atoms with Gasteiger partial charge in [-0.1, -0.05) is 12.1 Å². The van der Waals surface area contributed by atoms with Crippen LogP contribution in [-0.2, 0) is 22.8 Å². The topological polar surface area (TPSA) is 90.9 Å². The summed E-state index contributed by atoms with van der Waals surface area (Å²) in [5.74, 6) is 0.434. The van der Waals surface area contributed by atoms with Gasteiger partial charge in [-0.15, -0.1) is 5.10 Å². The normalized spacial score (nSPS) is 11.9. The third kappa shape index (κ3) is 2.69. The molecule has 0 amide bonds. The standard InChI is InChI=1S/C7H14N4O2S/c1-3-6-7(8)9-10-11(6)4-5-14(2,12)13/h3-5,8H2,1-2H3. The van der Waals surface area contributed by atoms with E-state index in [0.29, 0.717) is 18.8 Å². The predicted molar refractivity (Wildman–Crippen MR) is 53.5 cm³/mol. The number of hydrogen-bond acceptors (Lipinski definition) is 5. The van der Waals surface area contributed by atoms with Gasteiger partial charge >= 0.3 is 0 Å². The van der Waals surface area contributed by atoms with E-state index in [-0.39, 0.29) is 5.75 Å². The highest BCUT2D eigenvalue weighted by atomic mass is 32.2. The van der Waals surface area contributed by atoms with Crippen LogP contribution in [0, 0.1) is 0 Å². The lowest BCUT2D eigenvalue weighted by atomic mass is 10.3. The maximum Gasteiger partial charge on any atom is 0.169 e. The van der Waals surface area contributed by atoms with E-state index in [1.54, 1.807) is 0 Å². The number of nitrogens with zero attached hydrogens (tertiary/aromatic N) is 3. The number of hydrogen-bond donors (Lipinski definition) is 1. The van der Waals surface area contributed by atoms with Crippen molar-refractivity contribution in [2.45, 2.75) is 19.9 Å². The van der Waals surface area contributed by atoms with E-state index in [1.807, 2.05) is 6.92 Å². The molecule has 6 nitrogen and oxygen atoms in total. The molecule has 0 saturated carbocycles. The maximum absolute atomic E-state index is 10.9. The fraction of sp³-hybridized carbons (Fsp3) is 0.714. The van der Waals surface area contributed by atoms with Gasteiger partial charge < -0.3 is 5.73 Å². The molecule has 1 rings (SSSR count). The van der Waals surface area contributed by atoms with Crippen LogP contribution in [0.1, 0.15) is 12.6 Å². The number of sulfone groups is 1. The first-order valence-corrected chi connectivity index (χ1v) is 6.35. The molecule has 0 aromatic carbocycles. The summed E-state index contributed by atoms with van der Waals surface area (Å²) < 4.78 is 23.4. The predicted octanol–water partition coefficient (Wildman–Crippen LogP) is -0.533. The van der Waals surface area contributed by atoms with Gasteiger partial charge in [-0.3, -0.25) is 0 Å². The lowest BCUT2D eigenvalue weighted by molar-refractivity contribution is 0.570. The Morgan fingerprint density at radius 1 is 1.50 bits per heavy atom. The van der Waals surface area contributed by atoms with E-state index in [9.17, 15) is 8.42 Å². The van der Waals surface area contributed by atoms with E-state index in [4.69, 9.17) is 5.73 Å². The first-order chi connectivity index (χ1) is 6.44. The molecule has 1 aromatic rings. The highest BCUT2D eigenvalue weighted by Crippen LogP contribution is 2.07. The van der Waals surface area contributed by atoms with Crippen molar-refractivity contribution in [3.8, 4) is 0 Å². The Bertz CT molecular complexity index is 409. The van der Waals surface area contributed by atoms with Crippen molar-refractivity contribution in [2.24, 2.45) is 0 Å². The molecule has 14 heavy (non-hydrogen) atoms. The number of aromatic nitrogens is 3. The maximum atomic E-state index is 10.9. The van der Waals surface area contributed by atoms with Gasteiger partial charge in [0, 0.05) is 6.26 Å². The molecular formula is C7H14N4O2S. The van der Waals surface area contributed by atoms with Crippen LogP contribution in [0.3, 0.4) is 0 Å². The zero-order valence-corrected chi connectivity index (χ0v) is 9.08. The molecule has 1 aromatic heterocycles. The molecule has 7 heteroatoms. The molecule has 0 spiro atoms. The lowest BCUT2D eigenvalue weighted by Gasteiger charge is -2.03. The first-order valence-electron chi connectivity index (χ1n) is 4.29. The van der Waals surface area contributed by atoms with E-state index in [1.165, 1.54) is 10.9 Å². The number of rotatable bonds is 4. The van der Waals surface area contributed by atoms with Crippen molar-refractivity contribution in [2.75, 3.05) is 17.7 Å². The zero-order chi connectivity index (χ0) is 10.8. The molecule has 0 aliphatic carbocycles. The fourth-order valence-electron chi connectivity index (χ4n) is 1.14. The molecule has 0 atom stereocenters. The molecule has 0 aliphatic heterocycles. The van der Waals surface area contributed by atoms with E-state index in [0.717, 1.165) is 5.69 Å². The van der Waals surface area contributed by atoms with Crippen LogP contribution < -0.4 is 5.73 Å². The van der Waals surface area contributed by atoms with Crippen LogP contribution in [0.25, 0.3) is 0 Å². The Hall–Kier alpha value is -1.11. The van der Waals surface area contributed by atoms with Crippen molar-refractivity contribution in [3.63, 3.8) is 0 Å². The number of aryl methyl sites for hydroxylation is 1. The third-order valence-electron chi connectivity index (χ3n) is 1.88. The Kier molecular flexibility index (Phi) is 3.10. The summed E-state index contributed by atoms with van der Waals surface area (Å²) in [6, 6.07) is 0. The van der Waals surface area contributed by atoms with Crippen LogP contribution in [0.15, 0.2) is 0 Å². The smallest absolute Gasteiger partial charge is 0.169 e. The Morgan fingerprint density at radius 2 is 2.14 bits per heavy atom. The van der Waals surface area contributed by atoms with Crippen LogP contribution in [0.4, 0.5) is 5.82 Å². The highest BCUT2D eigenvalue weighted by Gasteiger charge is 2.10. The number of anilines is 1. The summed E-state index contributed by atoms with van der Waals surface area (Å²) >= 11 is 0. The lowest BCUT2D eigenvalue weighted by Crippen LogP contribution is -2.14. The van der Waals surface area contributed by atoms with Crippen LogP contribution in [-0.4, -0.2) is 35.4 Å². The SMILES string of the molecule is CCc1c(N)nnn1CCS(C)(=O)=O. The fourth-order valence-corrected chi connectivity index (χ4v) is 1.65. The monoisotopic (exact) mass is 218 g/mol. The molecule has 2 N–H and O–H groups in total. The third-order valence-corrected chi connectivity index (χ3v) is 2.80. The molecular weight excluding hydrogens is 204 g/mol. The van der Waals surface area contributed by atoms with E-state index in [2.05, 4.69) is 10.3 Å². The highest BCUT2D eigenvalue weighted by molar-refractivity contribution is 7.90. The quantitative estimate of drug-likeness (QED) is 0.733. The largest absolute Gasteiger partial charge is 0.381 e. The summed E-state index contributed by atoms with van der Waals surface area (Å²) in [5.41, 5.74) is 6.33. The second-order valence-corrected chi connectivity index (χ2v) is 5.39. The molecule has 0 unspecified atom stereocenters. The number of nitrogen functional groups attached to an aromatic ring is 1. The molecule has 0 fully saturated rings. The molecule has 0 bridgehead atoms. The van der Waals surface area contributed by atoms with Crippen molar-refractivity contribution >= 4 is 15.7 Å². The Morgan fingerprint density at radius 3 is 2.64 bits per heavy atom. The molecule has 80 valence electrons. The van der Waals surface area contributed by atoms with Gasteiger partial charge in [0.05, 0.1) is 18.0 Å². The second-order valence-electron chi connectivity index (χ2n) is 3.13. The Balaban J connectivity index is 2.77. The first kappa shape index (κ1) is 11.0. The van der Waals surface area contributed by atoms with Gasteiger partial charge in [-0.05, 0) is 6.42 Å². The molecule has 0 aliphatic rings. The Labute approximate surface area is 83.0 Å². The summed E-state index contributed by atoms with van der Waals surface area (Å²) in [4.78, 5) is 0.